The summed E-state index contributed by atoms with van der Waals surface area (Å²) in [7, 11) is 2.12. The van der Waals surface area contributed by atoms with Crippen molar-refractivity contribution in [1.82, 2.24) is 4.90 Å². The molecule has 0 spiro atoms. The highest BCUT2D eigenvalue weighted by molar-refractivity contribution is 5.55. The average molecular weight is 234 g/mol. The first kappa shape index (κ1) is 12.4. The number of aryl methyl sites for hydroxylation is 1. The summed E-state index contributed by atoms with van der Waals surface area (Å²) in [6.45, 7) is 6.54. The smallest absolute Gasteiger partial charge is 0.0651 e. The van der Waals surface area contributed by atoms with Gasteiger partial charge < -0.3 is 14.9 Å². The van der Waals surface area contributed by atoms with Crippen LogP contribution in [0.1, 0.15) is 12.5 Å². The predicted molar refractivity (Wildman–Crippen MR) is 71.5 cm³/mol. The third-order valence-electron chi connectivity index (χ3n) is 3.57. The number of aliphatic hydroxyl groups is 1. The molecule has 1 fully saturated rings. The van der Waals surface area contributed by atoms with Gasteiger partial charge in [-0.2, -0.15) is 0 Å². The molecule has 17 heavy (non-hydrogen) atoms. The molecule has 1 saturated heterocycles. The summed E-state index contributed by atoms with van der Waals surface area (Å²) in [5.41, 5.74) is 2.54. The number of aliphatic hydroxyl groups excluding tert-OH is 1. The Bertz CT molecular complexity index is 380. The van der Waals surface area contributed by atoms with Crippen LogP contribution in [0.15, 0.2) is 24.3 Å². The Morgan fingerprint density at radius 2 is 2.00 bits per heavy atom. The zero-order valence-corrected chi connectivity index (χ0v) is 10.9. The van der Waals surface area contributed by atoms with Crippen molar-refractivity contribution >= 4 is 5.69 Å². The van der Waals surface area contributed by atoms with Gasteiger partial charge in [-0.05, 0) is 32.5 Å². The molecule has 3 nitrogen and oxygen atoms in total. The monoisotopic (exact) mass is 234 g/mol. The second-order valence-corrected chi connectivity index (χ2v) is 5.10. The van der Waals surface area contributed by atoms with E-state index in [0.29, 0.717) is 6.04 Å². The summed E-state index contributed by atoms with van der Waals surface area (Å²) in [4.78, 5) is 4.66. The molecule has 0 bridgehead atoms. The molecule has 3 heteroatoms. The van der Waals surface area contributed by atoms with Crippen molar-refractivity contribution in [3.63, 3.8) is 0 Å². The van der Waals surface area contributed by atoms with Crippen molar-refractivity contribution < 1.29 is 5.11 Å². The maximum Gasteiger partial charge on any atom is 0.0651 e. The van der Waals surface area contributed by atoms with Crippen molar-refractivity contribution in [2.24, 2.45) is 0 Å². The van der Waals surface area contributed by atoms with Crippen LogP contribution < -0.4 is 4.90 Å². The Morgan fingerprint density at radius 1 is 1.29 bits per heavy atom. The van der Waals surface area contributed by atoms with Gasteiger partial charge in [0.15, 0.2) is 0 Å². The van der Waals surface area contributed by atoms with Gasteiger partial charge in [0.1, 0.15) is 0 Å². The van der Waals surface area contributed by atoms with Gasteiger partial charge in [0.05, 0.1) is 12.6 Å². The Kier molecular flexibility index (Phi) is 3.69. The Balaban J connectivity index is 2.31. The van der Waals surface area contributed by atoms with E-state index in [1.807, 2.05) is 0 Å². The molecule has 2 rings (SSSR count). The molecule has 2 atom stereocenters. The first-order valence-electron chi connectivity index (χ1n) is 6.27. The molecule has 0 amide bonds. The van der Waals surface area contributed by atoms with Gasteiger partial charge in [-0.15, -0.1) is 0 Å². The molecule has 1 heterocycles. The molecule has 1 aromatic rings. The van der Waals surface area contributed by atoms with Gasteiger partial charge in [0, 0.05) is 24.8 Å². The Morgan fingerprint density at radius 3 is 2.65 bits per heavy atom. The average Bonchev–Trinajstić information content (AvgIpc) is 2.29. The number of benzene rings is 1. The third-order valence-corrected chi connectivity index (χ3v) is 3.57. The largest absolute Gasteiger partial charge is 0.394 e. The van der Waals surface area contributed by atoms with E-state index >= 15 is 0 Å². The molecule has 0 aliphatic carbocycles. The van der Waals surface area contributed by atoms with Crippen LogP contribution in [0, 0.1) is 6.92 Å². The van der Waals surface area contributed by atoms with Crippen LogP contribution in [0.5, 0.6) is 0 Å². The normalized spacial score (nSPS) is 26.2. The standard InChI is InChI=1S/C14H22N2O/c1-11-6-4-5-7-14(11)16-12(2)8-15(3)9-13(16)10-17/h4-7,12-13,17H,8-10H2,1-3H3. The van der Waals surface area contributed by atoms with E-state index in [-0.39, 0.29) is 12.6 Å². The SMILES string of the molecule is Cc1ccccc1N1C(C)CN(C)CC1CO. The first-order valence-corrected chi connectivity index (χ1v) is 6.27. The van der Waals surface area contributed by atoms with Crippen molar-refractivity contribution in [1.29, 1.82) is 0 Å². The molecular formula is C14H22N2O. The number of rotatable bonds is 2. The second kappa shape index (κ2) is 5.07. The van der Waals surface area contributed by atoms with Crippen LogP contribution >= 0.6 is 0 Å². The number of nitrogens with zero attached hydrogens (tertiary/aromatic N) is 2. The highest BCUT2D eigenvalue weighted by Crippen LogP contribution is 2.27. The van der Waals surface area contributed by atoms with Crippen LogP contribution in [-0.2, 0) is 0 Å². The summed E-state index contributed by atoms with van der Waals surface area (Å²) in [6.07, 6.45) is 0. The summed E-state index contributed by atoms with van der Waals surface area (Å²) < 4.78 is 0. The van der Waals surface area contributed by atoms with E-state index < -0.39 is 0 Å². The lowest BCUT2D eigenvalue weighted by Crippen LogP contribution is -2.58. The fraction of sp³-hybridized carbons (Fsp3) is 0.571. The molecule has 1 aliphatic rings. The zero-order chi connectivity index (χ0) is 12.4. The van der Waals surface area contributed by atoms with Crippen LogP contribution in [0.25, 0.3) is 0 Å². The molecule has 1 aliphatic heterocycles. The summed E-state index contributed by atoms with van der Waals surface area (Å²) in [6, 6.07) is 9.06. The first-order chi connectivity index (χ1) is 8.13. The van der Waals surface area contributed by atoms with E-state index in [0.717, 1.165) is 13.1 Å². The number of hydrogen-bond acceptors (Lipinski definition) is 3. The molecule has 0 radical (unpaired) electrons. The van der Waals surface area contributed by atoms with Crippen molar-refractivity contribution in [3.8, 4) is 0 Å². The van der Waals surface area contributed by atoms with E-state index in [4.69, 9.17) is 0 Å². The van der Waals surface area contributed by atoms with Crippen LogP contribution in [0.3, 0.4) is 0 Å². The molecule has 1 aromatic carbocycles. The van der Waals surface area contributed by atoms with Gasteiger partial charge in [0.2, 0.25) is 0 Å². The quantitative estimate of drug-likeness (QED) is 0.840. The zero-order valence-electron chi connectivity index (χ0n) is 10.9. The summed E-state index contributed by atoms with van der Waals surface area (Å²) in [5, 5.41) is 9.58. The van der Waals surface area contributed by atoms with Gasteiger partial charge >= 0.3 is 0 Å². The number of hydrogen-bond donors (Lipinski definition) is 1. The number of likely N-dealkylation sites (N-methyl/N-ethyl adjacent to an activating group) is 1. The summed E-state index contributed by atoms with van der Waals surface area (Å²) >= 11 is 0. The van der Waals surface area contributed by atoms with E-state index in [1.165, 1.54) is 11.3 Å². The number of piperazine rings is 1. The lowest BCUT2D eigenvalue weighted by atomic mass is 10.0. The molecule has 2 unspecified atom stereocenters. The Labute approximate surface area is 104 Å². The Hall–Kier alpha value is -1.06. The second-order valence-electron chi connectivity index (χ2n) is 5.10. The maximum absolute atomic E-state index is 9.58. The van der Waals surface area contributed by atoms with E-state index in [1.54, 1.807) is 0 Å². The predicted octanol–water partition coefficient (Wildman–Crippen LogP) is 1.50. The van der Waals surface area contributed by atoms with Crippen molar-refractivity contribution in [2.75, 3.05) is 31.6 Å². The maximum atomic E-state index is 9.58. The minimum absolute atomic E-state index is 0.199. The van der Waals surface area contributed by atoms with Gasteiger partial charge in [-0.25, -0.2) is 0 Å². The lowest BCUT2D eigenvalue weighted by Gasteiger charge is -2.46. The highest BCUT2D eigenvalue weighted by atomic mass is 16.3. The van der Waals surface area contributed by atoms with Crippen molar-refractivity contribution in [3.05, 3.63) is 29.8 Å². The van der Waals surface area contributed by atoms with Crippen molar-refractivity contribution in [2.45, 2.75) is 25.9 Å². The fourth-order valence-electron chi connectivity index (χ4n) is 2.85. The van der Waals surface area contributed by atoms with Crippen LogP contribution in [-0.4, -0.2) is 48.8 Å². The molecule has 0 saturated carbocycles. The fourth-order valence-corrected chi connectivity index (χ4v) is 2.85. The van der Waals surface area contributed by atoms with Crippen LogP contribution in [0.2, 0.25) is 0 Å². The third kappa shape index (κ3) is 2.45. The molecular weight excluding hydrogens is 212 g/mol. The highest BCUT2D eigenvalue weighted by Gasteiger charge is 2.30. The molecule has 0 aromatic heterocycles. The molecule has 1 N–H and O–H groups in total. The lowest BCUT2D eigenvalue weighted by molar-refractivity contribution is 0.171. The topological polar surface area (TPSA) is 26.7 Å². The molecule has 94 valence electrons. The van der Waals surface area contributed by atoms with Gasteiger partial charge in [-0.1, -0.05) is 18.2 Å². The van der Waals surface area contributed by atoms with E-state index in [2.05, 4.69) is 55.0 Å². The van der Waals surface area contributed by atoms with Gasteiger partial charge in [-0.3, -0.25) is 0 Å². The van der Waals surface area contributed by atoms with E-state index in [9.17, 15) is 5.11 Å². The minimum Gasteiger partial charge on any atom is -0.394 e. The number of anilines is 1. The van der Waals surface area contributed by atoms with Crippen LogP contribution in [0.4, 0.5) is 5.69 Å². The summed E-state index contributed by atoms with van der Waals surface area (Å²) in [5.74, 6) is 0. The van der Waals surface area contributed by atoms with Gasteiger partial charge in [0.25, 0.3) is 0 Å². The number of para-hydroxylation sites is 1. The minimum atomic E-state index is 0.199.